The fourth-order valence-electron chi connectivity index (χ4n) is 2.01. The molecule has 0 bridgehead atoms. The molecule has 0 spiro atoms. The number of thiophene rings is 3. The summed E-state index contributed by atoms with van der Waals surface area (Å²) in [5.41, 5.74) is 5.76. The van der Waals surface area contributed by atoms with Gasteiger partial charge < -0.3 is 5.73 Å². The van der Waals surface area contributed by atoms with Crippen molar-refractivity contribution in [3.8, 4) is 29.4 Å². The lowest BCUT2D eigenvalue weighted by Gasteiger charge is -1.91. The van der Waals surface area contributed by atoms with E-state index in [9.17, 15) is 0 Å². The Bertz CT molecular complexity index is 867. The van der Waals surface area contributed by atoms with Crippen molar-refractivity contribution in [2.75, 3.05) is 5.73 Å². The Kier molecular flexibility index (Phi) is 3.39. The van der Waals surface area contributed by atoms with E-state index in [0.717, 1.165) is 10.0 Å². The molecule has 0 aliphatic heterocycles. The van der Waals surface area contributed by atoms with Crippen LogP contribution in [0.15, 0.2) is 48.0 Å². The number of rotatable bonds is 3. The smallest absolute Gasteiger partial charge is 0.135 e. The maximum atomic E-state index is 5.76. The normalized spacial score (nSPS) is 11.0. The van der Waals surface area contributed by atoms with Crippen LogP contribution in [0.4, 0.5) is 5.00 Å². The zero-order valence-corrected chi connectivity index (χ0v) is 14.0. The summed E-state index contributed by atoms with van der Waals surface area (Å²) >= 11 is 6.92. The van der Waals surface area contributed by atoms with Gasteiger partial charge in [0.15, 0.2) is 0 Å². The van der Waals surface area contributed by atoms with Gasteiger partial charge in [-0.2, -0.15) is 0 Å². The van der Waals surface area contributed by atoms with E-state index in [0.29, 0.717) is 0 Å². The quantitative estimate of drug-likeness (QED) is 0.501. The lowest BCUT2D eigenvalue weighted by Crippen LogP contribution is -1.73. The molecule has 0 aromatic carbocycles. The Morgan fingerprint density at radius 1 is 0.762 bits per heavy atom. The number of nitrogens with zero attached hydrogens (tertiary/aromatic N) is 1. The fourth-order valence-corrected chi connectivity index (χ4v) is 5.69. The van der Waals surface area contributed by atoms with Crippen molar-refractivity contribution in [1.29, 1.82) is 0 Å². The molecule has 0 atom stereocenters. The minimum Gasteiger partial charge on any atom is -0.389 e. The average molecular weight is 347 g/mol. The molecule has 0 amide bonds. The number of anilines is 1. The van der Waals surface area contributed by atoms with Crippen LogP contribution in [0, 0.1) is 0 Å². The van der Waals surface area contributed by atoms with E-state index < -0.39 is 0 Å². The number of aromatic nitrogens is 1. The first-order chi connectivity index (χ1) is 10.3. The third-order valence-electron chi connectivity index (χ3n) is 2.95. The van der Waals surface area contributed by atoms with Crippen molar-refractivity contribution in [3.63, 3.8) is 0 Å². The molecular weight excluding hydrogens is 336 g/mol. The minimum atomic E-state index is 0.760. The molecule has 0 aliphatic carbocycles. The SMILES string of the molecule is Nc1cnc(-c2ccc(-c3ccc(-c4cccs4)s3)s2)s1. The standard InChI is InChI=1S/C15H10N2S4/c16-14-8-17-15(21-14)13-6-5-12(20-13)11-4-3-10(19-11)9-2-1-7-18-9/h1-8H,16H2. The number of hydrogen-bond acceptors (Lipinski definition) is 6. The predicted molar refractivity (Wildman–Crippen MR) is 96.5 cm³/mol. The third kappa shape index (κ3) is 2.55. The Hall–Kier alpha value is -1.47. The van der Waals surface area contributed by atoms with Crippen molar-refractivity contribution < 1.29 is 0 Å². The summed E-state index contributed by atoms with van der Waals surface area (Å²) in [5, 5.41) is 3.88. The van der Waals surface area contributed by atoms with Gasteiger partial charge in [-0.05, 0) is 35.7 Å². The fraction of sp³-hybridized carbons (Fsp3) is 0. The highest BCUT2D eigenvalue weighted by Gasteiger charge is 2.11. The van der Waals surface area contributed by atoms with Crippen LogP contribution in [0.5, 0.6) is 0 Å². The summed E-state index contributed by atoms with van der Waals surface area (Å²) in [6.45, 7) is 0. The molecule has 2 N–H and O–H groups in total. The third-order valence-corrected chi connectivity index (χ3v) is 7.38. The van der Waals surface area contributed by atoms with Crippen LogP contribution in [0.1, 0.15) is 0 Å². The molecule has 0 aliphatic rings. The van der Waals surface area contributed by atoms with E-state index in [1.165, 1.54) is 35.7 Å². The maximum absolute atomic E-state index is 5.76. The molecule has 0 unspecified atom stereocenters. The molecule has 0 saturated carbocycles. The molecule has 2 nitrogen and oxygen atoms in total. The highest BCUT2D eigenvalue weighted by Crippen LogP contribution is 2.41. The summed E-state index contributed by atoms with van der Waals surface area (Å²) in [5.74, 6) is 0. The summed E-state index contributed by atoms with van der Waals surface area (Å²) in [7, 11) is 0. The highest BCUT2D eigenvalue weighted by molar-refractivity contribution is 7.28. The van der Waals surface area contributed by atoms with E-state index >= 15 is 0 Å². The van der Waals surface area contributed by atoms with Crippen LogP contribution in [-0.4, -0.2) is 4.98 Å². The van der Waals surface area contributed by atoms with Crippen molar-refractivity contribution in [2.45, 2.75) is 0 Å². The molecule has 0 radical (unpaired) electrons. The first kappa shape index (κ1) is 13.2. The largest absolute Gasteiger partial charge is 0.389 e. The van der Waals surface area contributed by atoms with Crippen LogP contribution >= 0.6 is 45.3 Å². The molecule has 4 heterocycles. The van der Waals surface area contributed by atoms with Crippen LogP contribution in [0.2, 0.25) is 0 Å². The second-order valence-corrected chi connectivity index (χ2v) is 8.55. The number of nitrogen functional groups attached to an aromatic ring is 1. The Morgan fingerprint density at radius 3 is 2.05 bits per heavy atom. The van der Waals surface area contributed by atoms with E-state index in [4.69, 9.17) is 5.73 Å². The van der Waals surface area contributed by atoms with Gasteiger partial charge in [0.2, 0.25) is 0 Å². The van der Waals surface area contributed by atoms with Crippen LogP contribution < -0.4 is 5.73 Å². The van der Waals surface area contributed by atoms with Crippen molar-refractivity contribution >= 4 is 50.3 Å². The summed E-state index contributed by atoms with van der Waals surface area (Å²) < 4.78 is 0. The van der Waals surface area contributed by atoms with Crippen LogP contribution in [-0.2, 0) is 0 Å². The van der Waals surface area contributed by atoms with Gasteiger partial charge in [-0.15, -0.1) is 34.0 Å². The second kappa shape index (κ2) is 5.38. The van der Waals surface area contributed by atoms with Gasteiger partial charge in [-0.1, -0.05) is 17.4 Å². The van der Waals surface area contributed by atoms with E-state index in [1.807, 2.05) is 11.3 Å². The lowest BCUT2D eigenvalue weighted by molar-refractivity contribution is 1.43. The van der Waals surface area contributed by atoms with Gasteiger partial charge in [-0.3, -0.25) is 0 Å². The Labute approximate surface area is 138 Å². The number of thiazole rings is 1. The average Bonchev–Trinajstić information content (AvgIpc) is 3.25. The van der Waals surface area contributed by atoms with Crippen molar-refractivity contribution in [2.24, 2.45) is 0 Å². The molecule has 0 saturated heterocycles. The van der Waals surface area contributed by atoms with Gasteiger partial charge in [0.25, 0.3) is 0 Å². The lowest BCUT2D eigenvalue weighted by atomic mass is 10.3. The monoisotopic (exact) mass is 346 g/mol. The summed E-state index contributed by atoms with van der Waals surface area (Å²) in [6.07, 6.45) is 1.72. The molecule has 0 fully saturated rings. The van der Waals surface area contributed by atoms with E-state index in [-0.39, 0.29) is 0 Å². The van der Waals surface area contributed by atoms with Crippen molar-refractivity contribution in [3.05, 3.63) is 48.0 Å². The minimum absolute atomic E-state index is 0.760. The second-order valence-electron chi connectivity index (χ2n) is 4.37. The molecule has 21 heavy (non-hydrogen) atoms. The molecule has 6 heteroatoms. The molecule has 4 aromatic rings. The number of nitrogens with two attached hydrogens (primary N) is 1. The van der Waals surface area contributed by atoms with Gasteiger partial charge >= 0.3 is 0 Å². The van der Waals surface area contributed by atoms with Gasteiger partial charge in [0, 0.05) is 19.5 Å². The van der Waals surface area contributed by atoms with Crippen LogP contribution in [0.25, 0.3) is 29.4 Å². The molecule has 4 aromatic heterocycles. The molecule has 104 valence electrons. The Morgan fingerprint density at radius 2 is 1.43 bits per heavy atom. The summed E-state index contributed by atoms with van der Waals surface area (Å²) in [4.78, 5) is 10.8. The van der Waals surface area contributed by atoms with E-state index in [2.05, 4.69) is 46.8 Å². The zero-order valence-electron chi connectivity index (χ0n) is 10.8. The molecule has 4 rings (SSSR count). The number of hydrogen-bond donors (Lipinski definition) is 1. The van der Waals surface area contributed by atoms with Gasteiger partial charge in [-0.25, -0.2) is 4.98 Å². The maximum Gasteiger partial charge on any atom is 0.135 e. The first-order valence-electron chi connectivity index (χ1n) is 6.25. The van der Waals surface area contributed by atoms with Crippen molar-refractivity contribution in [1.82, 2.24) is 4.98 Å². The predicted octanol–water partition coefficient (Wildman–Crippen LogP) is 5.91. The first-order valence-corrected chi connectivity index (χ1v) is 9.58. The van der Waals surface area contributed by atoms with Gasteiger partial charge in [0.1, 0.15) is 10.0 Å². The van der Waals surface area contributed by atoms with Crippen LogP contribution in [0.3, 0.4) is 0 Å². The topological polar surface area (TPSA) is 38.9 Å². The zero-order chi connectivity index (χ0) is 14.2. The Balaban J connectivity index is 1.67. The highest BCUT2D eigenvalue weighted by atomic mass is 32.1. The summed E-state index contributed by atoms with van der Waals surface area (Å²) in [6, 6.07) is 13.0. The van der Waals surface area contributed by atoms with Gasteiger partial charge in [0.05, 0.1) is 11.1 Å². The van der Waals surface area contributed by atoms with E-state index in [1.54, 1.807) is 28.9 Å². The molecular formula is C15H10N2S4.